The number of aromatic nitrogens is 1. The van der Waals surface area contributed by atoms with E-state index in [0.29, 0.717) is 24.4 Å². The molecule has 7 heteroatoms. The first-order valence-electron chi connectivity index (χ1n) is 9.10. The molecular weight excluding hydrogens is 429 g/mol. The minimum absolute atomic E-state index is 0. The second kappa shape index (κ2) is 10.2. The van der Waals surface area contributed by atoms with E-state index < -0.39 is 0 Å². The van der Waals surface area contributed by atoms with Crippen molar-refractivity contribution in [3.8, 4) is 5.88 Å². The number of nitrogens with one attached hydrogen (secondary N) is 1. The molecule has 1 aliphatic carbocycles. The molecule has 1 aromatic heterocycles. The van der Waals surface area contributed by atoms with Crippen LogP contribution in [0.5, 0.6) is 5.88 Å². The molecule has 6 nitrogen and oxygen atoms in total. The Morgan fingerprint density at radius 1 is 1.40 bits per heavy atom. The lowest BCUT2D eigenvalue weighted by atomic mass is 10.2. The Balaban J connectivity index is 0.00000225. The number of guanidine groups is 1. The maximum atomic E-state index is 5.98. The van der Waals surface area contributed by atoms with Gasteiger partial charge in [0.15, 0.2) is 5.96 Å². The molecule has 140 valence electrons. The molecule has 0 spiro atoms. The van der Waals surface area contributed by atoms with Crippen LogP contribution in [0.4, 0.5) is 0 Å². The number of aliphatic imine (C=N–C) groups is 1. The van der Waals surface area contributed by atoms with E-state index in [9.17, 15) is 0 Å². The number of ether oxygens (including phenoxy) is 1. The third kappa shape index (κ3) is 6.62. The van der Waals surface area contributed by atoms with E-state index in [1.165, 1.54) is 32.2 Å². The number of pyridine rings is 1. The average molecular weight is 459 g/mol. The van der Waals surface area contributed by atoms with E-state index in [-0.39, 0.29) is 24.0 Å². The van der Waals surface area contributed by atoms with E-state index >= 15 is 0 Å². The summed E-state index contributed by atoms with van der Waals surface area (Å²) < 4.78 is 5.64. The molecule has 3 N–H and O–H groups in total. The second-order valence-corrected chi connectivity index (χ2v) is 6.77. The van der Waals surface area contributed by atoms with E-state index in [4.69, 9.17) is 10.5 Å². The number of likely N-dealkylation sites (tertiary alicyclic amines) is 1. The zero-order chi connectivity index (χ0) is 16.8. The van der Waals surface area contributed by atoms with Gasteiger partial charge in [-0.3, -0.25) is 4.90 Å². The molecule has 1 saturated heterocycles. The Morgan fingerprint density at radius 2 is 2.24 bits per heavy atom. The van der Waals surface area contributed by atoms with Crippen LogP contribution >= 0.6 is 24.0 Å². The lowest BCUT2D eigenvalue weighted by molar-refractivity contribution is 0.267. The van der Waals surface area contributed by atoms with Crippen molar-refractivity contribution < 1.29 is 4.74 Å². The number of halogens is 1. The predicted molar refractivity (Wildman–Crippen MR) is 111 cm³/mol. The van der Waals surface area contributed by atoms with Gasteiger partial charge in [-0.05, 0) is 50.3 Å². The van der Waals surface area contributed by atoms with Crippen molar-refractivity contribution in [1.82, 2.24) is 15.2 Å². The van der Waals surface area contributed by atoms with Crippen LogP contribution in [0.25, 0.3) is 0 Å². The maximum absolute atomic E-state index is 5.98. The Labute approximate surface area is 167 Å². The first kappa shape index (κ1) is 20.2. The van der Waals surface area contributed by atoms with Gasteiger partial charge in [0.2, 0.25) is 5.88 Å². The quantitative estimate of drug-likeness (QED) is 0.355. The van der Waals surface area contributed by atoms with Crippen LogP contribution in [0.3, 0.4) is 0 Å². The number of rotatable bonds is 8. The van der Waals surface area contributed by atoms with Gasteiger partial charge in [0.25, 0.3) is 0 Å². The zero-order valence-corrected chi connectivity index (χ0v) is 17.3. The van der Waals surface area contributed by atoms with Crippen molar-refractivity contribution in [3.05, 3.63) is 23.9 Å². The molecule has 0 radical (unpaired) electrons. The van der Waals surface area contributed by atoms with Gasteiger partial charge in [-0.2, -0.15) is 0 Å². The highest BCUT2D eigenvalue weighted by atomic mass is 127. The fourth-order valence-corrected chi connectivity index (χ4v) is 3.07. The Hall–Kier alpha value is -1.09. The second-order valence-electron chi connectivity index (χ2n) is 6.77. The topological polar surface area (TPSA) is 75.8 Å². The Bertz CT molecular complexity index is 547. The number of likely N-dealkylation sites (N-methyl/N-ethyl adjacent to an activating group) is 1. The smallest absolute Gasteiger partial charge is 0.213 e. The molecule has 0 aromatic carbocycles. The standard InChI is InChI=1S/C18H29N5O.HI/c1-2-23-9-3-4-16(23)12-22-18(19)21-11-15-7-8-17(20-10-15)24-13-14-5-6-14;/h7-8,10,14,16H,2-6,9,11-13H2,1H3,(H3,19,21,22);1H. The van der Waals surface area contributed by atoms with Crippen LogP contribution in [-0.4, -0.2) is 48.1 Å². The molecule has 1 aliphatic heterocycles. The molecule has 2 heterocycles. The van der Waals surface area contributed by atoms with E-state index in [0.717, 1.165) is 31.2 Å². The Kier molecular flexibility index (Phi) is 8.21. The van der Waals surface area contributed by atoms with Crippen LogP contribution in [0.15, 0.2) is 23.3 Å². The lowest BCUT2D eigenvalue weighted by Crippen LogP contribution is -2.42. The summed E-state index contributed by atoms with van der Waals surface area (Å²) in [5, 5.41) is 3.25. The summed E-state index contributed by atoms with van der Waals surface area (Å²) in [6.45, 7) is 6.70. The highest BCUT2D eigenvalue weighted by Crippen LogP contribution is 2.29. The zero-order valence-electron chi connectivity index (χ0n) is 15.0. The SMILES string of the molecule is CCN1CCCC1CNC(N)=NCc1ccc(OCC2CC2)nc1.I. The van der Waals surface area contributed by atoms with Crippen LogP contribution in [0.2, 0.25) is 0 Å². The summed E-state index contributed by atoms with van der Waals surface area (Å²) in [5.74, 6) is 1.94. The van der Waals surface area contributed by atoms with Crippen molar-refractivity contribution in [1.29, 1.82) is 0 Å². The van der Waals surface area contributed by atoms with Crippen LogP contribution < -0.4 is 15.8 Å². The van der Waals surface area contributed by atoms with Crippen LogP contribution in [0, 0.1) is 5.92 Å². The van der Waals surface area contributed by atoms with Gasteiger partial charge < -0.3 is 15.8 Å². The first-order chi connectivity index (χ1) is 11.7. The summed E-state index contributed by atoms with van der Waals surface area (Å²) in [5.41, 5.74) is 7.02. The molecule has 1 atom stereocenters. The Morgan fingerprint density at radius 3 is 2.92 bits per heavy atom. The molecule has 0 bridgehead atoms. The fourth-order valence-electron chi connectivity index (χ4n) is 3.07. The van der Waals surface area contributed by atoms with Crippen molar-refractivity contribution in [2.24, 2.45) is 16.6 Å². The highest BCUT2D eigenvalue weighted by Gasteiger charge is 2.23. The number of hydrogen-bond donors (Lipinski definition) is 2. The number of nitrogens with zero attached hydrogens (tertiary/aromatic N) is 3. The molecule has 1 saturated carbocycles. The third-order valence-corrected chi connectivity index (χ3v) is 4.82. The average Bonchev–Trinajstić information content (AvgIpc) is 3.33. The van der Waals surface area contributed by atoms with Crippen LogP contribution in [-0.2, 0) is 6.54 Å². The summed E-state index contributed by atoms with van der Waals surface area (Å²) in [4.78, 5) is 11.2. The summed E-state index contributed by atoms with van der Waals surface area (Å²) in [6, 6.07) is 4.49. The lowest BCUT2D eigenvalue weighted by Gasteiger charge is -2.23. The van der Waals surface area contributed by atoms with Gasteiger partial charge >= 0.3 is 0 Å². The number of nitrogens with two attached hydrogens (primary N) is 1. The fraction of sp³-hybridized carbons (Fsp3) is 0.667. The molecule has 1 unspecified atom stereocenters. The molecule has 3 rings (SSSR count). The van der Waals surface area contributed by atoms with Crippen molar-refractivity contribution in [2.45, 2.75) is 45.2 Å². The highest BCUT2D eigenvalue weighted by molar-refractivity contribution is 14.0. The van der Waals surface area contributed by atoms with Gasteiger partial charge in [0, 0.05) is 24.8 Å². The number of hydrogen-bond acceptors (Lipinski definition) is 4. The first-order valence-corrected chi connectivity index (χ1v) is 9.10. The summed E-state index contributed by atoms with van der Waals surface area (Å²) in [7, 11) is 0. The minimum Gasteiger partial charge on any atom is -0.477 e. The van der Waals surface area contributed by atoms with Crippen molar-refractivity contribution >= 4 is 29.9 Å². The predicted octanol–water partition coefficient (Wildman–Crippen LogP) is 2.38. The molecular formula is C18H30IN5O. The van der Waals surface area contributed by atoms with Crippen molar-refractivity contribution in [2.75, 3.05) is 26.2 Å². The summed E-state index contributed by atoms with van der Waals surface area (Å²) in [6.07, 6.45) is 6.90. The van der Waals surface area contributed by atoms with Gasteiger partial charge in [0.1, 0.15) is 0 Å². The molecule has 1 aromatic rings. The summed E-state index contributed by atoms with van der Waals surface area (Å²) >= 11 is 0. The largest absolute Gasteiger partial charge is 0.477 e. The van der Waals surface area contributed by atoms with E-state index in [1.54, 1.807) is 0 Å². The normalized spacial score (nSPS) is 21.0. The van der Waals surface area contributed by atoms with E-state index in [1.807, 2.05) is 18.3 Å². The van der Waals surface area contributed by atoms with Gasteiger partial charge in [-0.1, -0.05) is 13.0 Å². The molecule has 2 aliphatic rings. The monoisotopic (exact) mass is 459 g/mol. The van der Waals surface area contributed by atoms with Gasteiger partial charge in [-0.15, -0.1) is 24.0 Å². The van der Waals surface area contributed by atoms with Crippen molar-refractivity contribution in [3.63, 3.8) is 0 Å². The van der Waals surface area contributed by atoms with Gasteiger partial charge in [0.05, 0.1) is 13.2 Å². The van der Waals surface area contributed by atoms with Gasteiger partial charge in [-0.25, -0.2) is 9.98 Å². The molecule has 2 fully saturated rings. The third-order valence-electron chi connectivity index (χ3n) is 4.82. The van der Waals surface area contributed by atoms with Crippen LogP contribution in [0.1, 0.15) is 38.2 Å². The van der Waals surface area contributed by atoms with E-state index in [2.05, 4.69) is 27.1 Å². The molecule has 25 heavy (non-hydrogen) atoms. The molecule has 0 amide bonds. The minimum atomic E-state index is 0. The maximum Gasteiger partial charge on any atom is 0.213 e.